The number of nitrogens with zero attached hydrogens (tertiary/aromatic N) is 2. The molecule has 0 bridgehead atoms. The predicted octanol–water partition coefficient (Wildman–Crippen LogP) is 6.96. The zero-order chi connectivity index (χ0) is 21.4. The van der Waals surface area contributed by atoms with Crippen molar-refractivity contribution in [3.8, 4) is 21.8 Å². The molecule has 5 rings (SSSR count). The van der Waals surface area contributed by atoms with Crippen LogP contribution in [0.5, 0.6) is 0 Å². The number of amides is 1. The van der Waals surface area contributed by atoms with Gasteiger partial charge in [-0.25, -0.2) is 9.97 Å². The van der Waals surface area contributed by atoms with Crippen LogP contribution in [0, 0.1) is 13.8 Å². The molecule has 152 valence electrons. The molecule has 0 saturated heterocycles. The van der Waals surface area contributed by atoms with Crippen molar-refractivity contribution >= 4 is 44.6 Å². The van der Waals surface area contributed by atoms with Crippen molar-refractivity contribution in [1.82, 2.24) is 9.97 Å². The van der Waals surface area contributed by atoms with Crippen LogP contribution in [0.2, 0.25) is 0 Å². The summed E-state index contributed by atoms with van der Waals surface area (Å²) in [5, 5.41) is 8.37. The minimum atomic E-state index is -0.184. The number of hydrogen-bond acceptors (Lipinski definition) is 5. The number of aryl methyl sites for hydroxylation is 2. The summed E-state index contributed by atoms with van der Waals surface area (Å²) in [7, 11) is 0. The molecule has 0 fully saturated rings. The average molecular weight is 442 g/mol. The highest BCUT2D eigenvalue weighted by atomic mass is 32.1. The second kappa shape index (κ2) is 8.06. The monoisotopic (exact) mass is 441 g/mol. The molecule has 31 heavy (non-hydrogen) atoms. The van der Waals surface area contributed by atoms with E-state index in [1.165, 1.54) is 22.5 Å². The molecule has 5 aromatic rings. The predicted molar refractivity (Wildman–Crippen MR) is 130 cm³/mol. The molecular formula is C25H19N3OS2. The van der Waals surface area contributed by atoms with Crippen LogP contribution in [0.3, 0.4) is 0 Å². The van der Waals surface area contributed by atoms with Crippen LogP contribution >= 0.6 is 22.7 Å². The van der Waals surface area contributed by atoms with Gasteiger partial charge in [-0.3, -0.25) is 10.1 Å². The standard InChI is InChI=1S/C25H19N3OS2/c1-15-9-10-17(12-16(15)2)21-13-19(18-6-3-4-7-20(18)26-21)24(29)28-25-27-22(14-31-25)23-8-5-11-30-23/h3-14H,1-2H3,(H,27,28,29). The quantitative estimate of drug-likeness (QED) is 0.328. The molecule has 0 aliphatic rings. The highest BCUT2D eigenvalue weighted by Crippen LogP contribution is 2.30. The SMILES string of the molecule is Cc1ccc(-c2cc(C(=O)Nc3nc(-c4cccs4)cs3)c3ccccc3n2)cc1C. The first-order valence-electron chi connectivity index (χ1n) is 9.86. The summed E-state index contributed by atoms with van der Waals surface area (Å²) in [6, 6.07) is 19.9. The number of carbonyl (C=O) groups excluding carboxylic acids is 1. The summed E-state index contributed by atoms with van der Waals surface area (Å²) in [4.78, 5) is 23.7. The van der Waals surface area contributed by atoms with Gasteiger partial charge in [-0.1, -0.05) is 36.4 Å². The van der Waals surface area contributed by atoms with Crippen molar-refractivity contribution in [2.24, 2.45) is 0 Å². The van der Waals surface area contributed by atoms with Gasteiger partial charge >= 0.3 is 0 Å². The number of rotatable bonds is 4. The van der Waals surface area contributed by atoms with Crippen molar-refractivity contribution in [2.45, 2.75) is 13.8 Å². The fraction of sp³-hybridized carbons (Fsp3) is 0.0800. The van der Waals surface area contributed by atoms with Crippen LogP contribution in [-0.2, 0) is 0 Å². The van der Waals surface area contributed by atoms with Gasteiger partial charge in [-0.2, -0.15) is 0 Å². The van der Waals surface area contributed by atoms with Crippen molar-refractivity contribution in [3.63, 3.8) is 0 Å². The summed E-state index contributed by atoms with van der Waals surface area (Å²) >= 11 is 3.06. The first-order valence-corrected chi connectivity index (χ1v) is 11.6. The van der Waals surface area contributed by atoms with Crippen LogP contribution in [0.1, 0.15) is 21.5 Å². The molecule has 0 atom stereocenters. The van der Waals surface area contributed by atoms with Crippen molar-refractivity contribution in [1.29, 1.82) is 0 Å². The molecule has 1 N–H and O–H groups in total. The third kappa shape index (κ3) is 3.87. The van der Waals surface area contributed by atoms with E-state index in [0.29, 0.717) is 10.7 Å². The zero-order valence-electron chi connectivity index (χ0n) is 17.0. The van der Waals surface area contributed by atoms with Crippen LogP contribution in [0.4, 0.5) is 5.13 Å². The number of thiazole rings is 1. The highest BCUT2D eigenvalue weighted by molar-refractivity contribution is 7.16. The number of thiophene rings is 1. The largest absolute Gasteiger partial charge is 0.298 e. The zero-order valence-corrected chi connectivity index (χ0v) is 18.7. The van der Waals surface area contributed by atoms with Crippen LogP contribution < -0.4 is 5.32 Å². The number of para-hydroxylation sites is 1. The number of pyridine rings is 1. The minimum absolute atomic E-state index is 0.184. The second-order valence-corrected chi connectivity index (χ2v) is 9.15. The molecule has 3 aromatic heterocycles. The summed E-state index contributed by atoms with van der Waals surface area (Å²) in [6.07, 6.45) is 0. The highest BCUT2D eigenvalue weighted by Gasteiger charge is 2.16. The summed E-state index contributed by atoms with van der Waals surface area (Å²) in [5.41, 5.74) is 6.47. The number of anilines is 1. The Balaban J connectivity index is 1.53. The molecule has 6 heteroatoms. The average Bonchev–Trinajstić information content (AvgIpc) is 3.47. The van der Waals surface area contributed by atoms with E-state index in [1.807, 2.05) is 53.2 Å². The van der Waals surface area contributed by atoms with Crippen LogP contribution in [0.15, 0.2) is 71.4 Å². The van der Waals surface area contributed by atoms with Crippen molar-refractivity contribution in [2.75, 3.05) is 5.32 Å². The normalized spacial score (nSPS) is 11.0. The number of carbonyl (C=O) groups is 1. The molecule has 0 spiro atoms. The summed E-state index contributed by atoms with van der Waals surface area (Å²) in [6.45, 7) is 4.17. The van der Waals surface area contributed by atoms with E-state index in [-0.39, 0.29) is 5.91 Å². The van der Waals surface area contributed by atoms with E-state index in [0.717, 1.165) is 32.7 Å². The molecule has 3 heterocycles. The van der Waals surface area contributed by atoms with E-state index in [2.05, 4.69) is 42.3 Å². The van der Waals surface area contributed by atoms with Gasteiger partial charge in [-0.05, 0) is 54.6 Å². The van der Waals surface area contributed by atoms with Gasteiger partial charge in [0.25, 0.3) is 5.91 Å². The second-order valence-electron chi connectivity index (χ2n) is 7.34. The Kier molecular flexibility index (Phi) is 5.10. The van der Waals surface area contributed by atoms with Gasteiger partial charge in [0.1, 0.15) is 0 Å². The Labute approximate surface area is 188 Å². The maximum atomic E-state index is 13.3. The van der Waals surface area contributed by atoms with Gasteiger partial charge < -0.3 is 0 Å². The Morgan fingerprint density at radius 3 is 2.55 bits per heavy atom. The number of hydrogen-bond donors (Lipinski definition) is 1. The Bertz CT molecular complexity index is 1400. The Hall–Kier alpha value is -3.35. The Morgan fingerprint density at radius 1 is 0.871 bits per heavy atom. The fourth-order valence-electron chi connectivity index (χ4n) is 3.44. The topological polar surface area (TPSA) is 54.9 Å². The minimum Gasteiger partial charge on any atom is -0.298 e. The molecular weight excluding hydrogens is 422 g/mol. The van der Waals surface area contributed by atoms with Gasteiger partial charge in [0.2, 0.25) is 0 Å². The van der Waals surface area contributed by atoms with Crippen molar-refractivity contribution < 1.29 is 4.79 Å². The molecule has 4 nitrogen and oxygen atoms in total. The lowest BCUT2D eigenvalue weighted by atomic mass is 10.0. The molecule has 0 unspecified atom stereocenters. The number of benzene rings is 2. The maximum Gasteiger partial charge on any atom is 0.258 e. The number of fused-ring (bicyclic) bond motifs is 1. The molecule has 0 saturated carbocycles. The number of aromatic nitrogens is 2. The molecule has 0 radical (unpaired) electrons. The van der Waals surface area contributed by atoms with E-state index < -0.39 is 0 Å². The summed E-state index contributed by atoms with van der Waals surface area (Å²) < 4.78 is 0. The first kappa shape index (κ1) is 19.6. The third-order valence-corrected chi connectivity index (χ3v) is 6.91. The van der Waals surface area contributed by atoms with Crippen molar-refractivity contribution in [3.05, 3.63) is 88.1 Å². The first-order chi connectivity index (χ1) is 15.1. The maximum absolute atomic E-state index is 13.3. The lowest BCUT2D eigenvalue weighted by molar-refractivity contribution is 0.102. The van der Waals surface area contributed by atoms with E-state index in [1.54, 1.807) is 11.3 Å². The third-order valence-electron chi connectivity index (χ3n) is 5.26. The van der Waals surface area contributed by atoms with Gasteiger partial charge in [0, 0.05) is 16.3 Å². The van der Waals surface area contributed by atoms with E-state index in [9.17, 15) is 4.79 Å². The van der Waals surface area contributed by atoms with Gasteiger partial charge in [0.15, 0.2) is 5.13 Å². The van der Waals surface area contributed by atoms with Crippen LogP contribution in [0.25, 0.3) is 32.7 Å². The summed E-state index contributed by atoms with van der Waals surface area (Å²) in [5.74, 6) is -0.184. The molecule has 0 aliphatic carbocycles. The molecule has 1 amide bonds. The molecule has 2 aromatic carbocycles. The fourth-order valence-corrected chi connectivity index (χ4v) is 4.91. The smallest absolute Gasteiger partial charge is 0.258 e. The van der Waals surface area contributed by atoms with Crippen LogP contribution in [-0.4, -0.2) is 15.9 Å². The van der Waals surface area contributed by atoms with Gasteiger partial charge in [0.05, 0.1) is 27.3 Å². The lowest BCUT2D eigenvalue weighted by Gasteiger charge is -2.11. The van der Waals surface area contributed by atoms with E-state index in [4.69, 9.17) is 4.98 Å². The lowest BCUT2D eigenvalue weighted by Crippen LogP contribution is -2.13. The molecule has 0 aliphatic heterocycles. The Morgan fingerprint density at radius 2 is 1.74 bits per heavy atom. The number of nitrogens with one attached hydrogen (secondary N) is 1. The van der Waals surface area contributed by atoms with E-state index >= 15 is 0 Å². The van der Waals surface area contributed by atoms with Gasteiger partial charge in [-0.15, -0.1) is 22.7 Å².